The largest absolute Gasteiger partial charge is 0.489 e. The lowest BCUT2D eigenvalue weighted by Gasteiger charge is -2.15. The number of hydrogen-bond acceptors (Lipinski definition) is 6. The third-order valence-electron chi connectivity index (χ3n) is 4.39. The summed E-state index contributed by atoms with van der Waals surface area (Å²) in [6.07, 6.45) is -4.52. The van der Waals surface area contributed by atoms with Crippen LogP contribution in [0.15, 0.2) is 29.6 Å². The Morgan fingerprint density at radius 3 is 2.48 bits per heavy atom. The van der Waals surface area contributed by atoms with Gasteiger partial charge in [0.05, 0.1) is 5.56 Å². The number of carbonyl (C=O) groups excluding carboxylic acids is 2. The van der Waals surface area contributed by atoms with Crippen molar-refractivity contribution in [3.63, 3.8) is 0 Å². The average molecular weight is 452 g/mol. The second-order valence-electron chi connectivity index (χ2n) is 6.96. The molecule has 0 radical (unpaired) electrons. The molecule has 0 aliphatic rings. The molecule has 31 heavy (non-hydrogen) atoms. The van der Waals surface area contributed by atoms with Crippen LogP contribution < -0.4 is 9.47 Å². The zero-order valence-electron chi connectivity index (χ0n) is 17.2. The van der Waals surface area contributed by atoms with E-state index >= 15 is 0 Å². The summed E-state index contributed by atoms with van der Waals surface area (Å²) < 4.78 is 50.1. The number of carbonyl (C=O) groups is 2. The molecular formula is C21H19F3N2O4S. The smallest absolute Gasteiger partial charge is 0.433 e. The van der Waals surface area contributed by atoms with Crippen molar-refractivity contribution in [3.8, 4) is 11.5 Å². The lowest BCUT2D eigenvalue weighted by atomic mass is 10.1. The summed E-state index contributed by atoms with van der Waals surface area (Å²) >= 11 is 1.28. The molecule has 0 spiro atoms. The van der Waals surface area contributed by atoms with Gasteiger partial charge in [-0.15, -0.1) is 11.3 Å². The van der Waals surface area contributed by atoms with Gasteiger partial charge in [-0.05, 0) is 25.1 Å². The minimum absolute atomic E-state index is 0.0275. The van der Waals surface area contributed by atoms with Gasteiger partial charge in [0.2, 0.25) is 0 Å². The molecular weight excluding hydrogens is 433 g/mol. The molecule has 6 nitrogen and oxygen atoms in total. The second kappa shape index (κ2) is 8.54. The van der Waals surface area contributed by atoms with Gasteiger partial charge in [0.1, 0.15) is 23.8 Å². The first-order valence-corrected chi connectivity index (χ1v) is 9.97. The van der Waals surface area contributed by atoms with E-state index in [1.165, 1.54) is 42.2 Å². The summed E-state index contributed by atoms with van der Waals surface area (Å²) in [5, 5.41) is 2.13. The average Bonchev–Trinajstić information content (AvgIpc) is 3.07. The molecule has 3 rings (SSSR count). The molecule has 0 N–H and O–H groups in total. The van der Waals surface area contributed by atoms with Crippen molar-refractivity contribution in [1.29, 1.82) is 0 Å². The van der Waals surface area contributed by atoms with Crippen molar-refractivity contribution in [3.05, 3.63) is 52.2 Å². The maximum absolute atomic E-state index is 12.8. The van der Waals surface area contributed by atoms with E-state index in [1.807, 2.05) is 0 Å². The maximum Gasteiger partial charge on any atom is 0.433 e. The van der Waals surface area contributed by atoms with E-state index in [1.54, 1.807) is 25.5 Å². The lowest BCUT2D eigenvalue weighted by molar-refractivity contribution is -0.141. The van der Waals surface area contributed by atoms with Crippen LogP contribution >= 0.6 is 11.3 Å². The molecule has 0 bridgehead atoms. The first-order valence-electron chi connectivity index (χ1n) is 9.09. The third kappa shape index (κ3) is 4.96. The molecule has 0 atom stereocenters. The molecule has 0 aliphatic heterocycles. The van der Waals surface area contributed by atoms with Crippen molar-refractivity contribution >= 4 is 33.3 Å². The highest BCUT2D eigenvalue weighted by Crippen LogP contribution is 2.38. The Kier molecular flexibility index (Phi) is 6.21. The molecule has 1 amide bonds. The van der Waals surface area contributed by atoms with Crippen molar-refractivity contribution in [2.45, 2.75) is 26.6 Å². The summed E-state index contributed by atoms with van der Waals surface area (Å²) in [7, 11) is 3.19. The number of benzene rings is 1. The van der Waals surface area contributed by atoms with Crippen molar-refractivity contribution in [2.24, 2.45) is 0 Å². The number of ether oxygens (including phenoxy) is 2. The fourth-order valence-electron chi connectivity index (χ4n) is 2.90. The predicted molar refractivity (Wildman–Crippen MR) is 109 cm³/mol. The molecule has 3 aromatic rings. The molecule has 2 aromatic heterocycles. The fraction of sp³-hybridized carbons (Fsp3) is 0.286. The third-order valence-corrected chi connectivity index (χ3v) is 5.29. The van der Waals surface area contributed by atoms with Gasteiger partial charge in [-0.25, -0.2) is 4.98 Å². The predicted octanol–water partition coefficient (Wildman–Crippen LogP) is 4.83. The summed E-state index contributed by atoms with van der Waals surface area (Å²) in [6.45, 7) is 2.72. The van der Waals surface area contributed by atoms with Crippen LogP contribution in [-0.4, -0.2) is 35.9 Å². The number of fused-ring (bicyclic) bond motifs is 1. The number of hydrogen-bond donors (Lipinski definition) is 0. The zero-order valence-corrected chi connectivity index (χ0v) is 18.0. The van der Waals surface area contributed by atoms with Crippen LogP contribution in [0.2, 0.25) is 0 Å². The minimum atomic E-state index is -4.52. The van der Waals surface area contributed by atoms with E-state index < -0.39 is 17.8 Å². The van der Waals surface area contributed by atoms with Crippen LogP contribution in [0.5, 0.6) is 11.5 Å². The Balaban J connectivity index is 1.94. The van der Waals surface area contributed by atoms with Crippen LogP contribution in [0.4, 0.5) is 13.2 Å². The number of thiophene rings is 1. The normalized spacial score (nSPS) is 11.5. The number of aryl methyl sites for hydroxylation is 1. The number of amides is 1. The first-order chi connectivity index (χ1) is 14.5. The molecule has 0 saturated heterocycles. The number of alkyl halides is 3. The van der Waals surface area contributed by atoms with E-state index in [0.29, 0.717) is 21.4 Å². The number of halogens is 3. The summed E-state index contributed by atoms with van der Waals surface area (Å²) in [4.78, 5) is 29.1. The van der Waals surface area contributed by atoms with Crippen LogP contribution in [0.1, 0.15) is 34.2 Å². The Labute approximate surface area is 180 Å². The van der Waals surface area contributed by atoms with E-state index in [2.05, 4.69) is 4.98 Å². The molecule has 0 aliphatic carbocycles. The molecule has 164 valence electrons. The molecule has 0 saturated carbocycles. The monoisotopic (exact) mass is 452 g/mol. The van der Waals surface area contributed by atoms with Crippen LogP contribution in [0.25, 0.3) is 10.1 Å². The highest BCUT2D eigenvalue weighted by molar-refractivity contribution is 7.17. The van der Waals surface area contributed by atoms with Gasteiger partial charge >= 0.3 is 12.1 Å². The number of nitrogens with zero attached hydrogens (tertiary/aromatic N) is 2. The van der Waals surface area contributed by atoms with Gasteiger partial charge < -0.3 is 14.4 Å². The highest BCUT2D eigenvalue weighted by Gasteiger charge is 2.32. The van der Waals surface area contributed by atoms with Gasteiger partial charge in [0.25, 0.3) is 5.91 Å². The Bertz CT molecular complexity index is 1160. The van der Waals surface area contributed by atoms with Gasteiger partial charge in [-0.3, -0.25) is 9.59 Å². The van der Waals surface area contributed by atoms with E-state index in [-0.39, 0.29) is 29.5 Å². The molecule has 0 unspecified atom stereocenters. The van der Waals surface area contributed by atoms with E-state index in [4.69, 9.17) is 9.47 Å². The molecule has 0 fully saturated rings. The number of pyridine rings is 1. The summed E-state index contributed by atoms with van der Waals surface area (Å²) in [5.41, 5.74) is 0.0111. The minimum Gasteiger partial charge on any atom is -0.489 e. The quantitative estimate of drug-likeness (QED) is 0.519. The van der Waals surface area contributed by atoms with Gasteiger partial charge in [0.15, 0.2) is 0 Å². The first kappa shape index (κ1) is 22.5. The summed E-state index contributed by atoms with van der Waals surface area (Å²) in [6, 6.07) is 5.43. The number of esters is 1. The topological polar surface area (TPSA) is 68.7 Å². The highest BCUT2D eigenvalue weighted by atomic mass is 32.1. The maximum atomic E-state index is 12.8. The van der Waals surface area contributed by atoms with Gasteiger partial charge in [0, 0.05) is 47.7 Å². The van der Waals surface area contributed by atoms with Gasteiger partial charge in [-0.1, -0.05) is 6.07 Å². The fourth-order valence-corrected chi connectivity index (χ4v) is 3.81. The molecule has 10 heteroatoms. The van der Waals surface area contributed by atoms with Crippen LogP contribution in [-0.2, 0) is 17.6 Å². The second-order valence-corrected chi connectivity index (χ2v) is 7.88. The Morgan fingerprint density at radius 1 is 1.19 bits per heavy atom. The van der Waals surface area contributed by atoms with Crippen LogP contribution in [0, 0.1) is 6.92 Å². The molecule has 1 aromatic carbocycles. The lowest BCUT2D eigenvalue weighted by Crippen LogP contribution is -2.22. The standard InChI is InChI=1S/C21H19F3N2O4S/c1-11-13(5-6-18(25-11)21(22,23)24)9-29-14-7-15(20(28)26(3)4)19-16(30-12(2)27)10-31-17(19)8-14/h5-8,10H,9H2,1-4H3. The summed E-state index contributed by atoms with van der Waals surface area (Å²) in [5.74, 6) is -0.177. The molecule has 2 heterocycles. The SMILES string of the molecule is CC(=O)Oc1csc2cc(OCc3ccc(C(F)(F)F)nc3C)cc(C(=O)N(C)C)c12. The van der Waals surface area contributed by atoms with Crippen molar-refractivity contribution in [2.75, 3.05) is 14.1 Å². The van der Waals surface area contributed by atoms with Crippen molar-refractivity contribution in [1.82, 2.24) is 9.88 Å². The number of aromatic nitrogens is 1. The van der Waals surface area contributed by atoms with E-state index in [9.17, 15) is 22.8 Å². The Morgan fingerprint density at radius 2 is 1.90 bits per heavy atom. The van der Waals surface area contributed by atoms with Crippen LogP contribution in [0.3, 0.4) is 0 Å². The van der Waals surface area contributed by atoms with Crippen molar-refractivity contribution < 1.29 is 32.2 Å². The Hall–Kier alpha value is -3.14. The van der Waals surface area contributed by atoms with Gasteiger partial charge in [-0.2, -0.15) is 13.2 Å². The van der Waals surface area contributed by atoms with E-state index in [0.717, 1.165) is 6.07 Å². The number of rotatable bonds is 5. The zero-order chi connectivity index (χ0) is 22.9.